The van der Waals surface area contributed by atoms with Crippen molar-refractivity contribution in [2.45, 2.75) is 45.6 Å². The van der Waals surface area contributed by atoms with Gasteiger partial charge in [-0.3, -0.25) is 0 Å². The molecule has 0 amide bonds. The molecule has 1 unspecified atom stereocenters. The van der Waals surface area contributed by atoms with Gasteiger partial charge < -0.3 is 10.2 Å². The maximum atomic E-state index is 11.7. The second kappa shape index (κ2) is 7.76. The summed E-state index contributed by atoms with van der Waals surface area (Å²) in [6.07, 6.45) is 5.74. The topological polar surface area (TPSA) is 75.2 Å². The summed E-state index contributed by atoms with van der Waals surface area (Å²) in [7, 11) is -2.89. The standard InChI is InChI=1S/C15H26N4O2S/c1-3-5-6-8-16-14-10-15(18-12-17-14)19(4-2)13-7-9-22(20,21)11-13/h10,12-13H,3-9,11H2,1-2H3,(H,16,17,18). The fourth-order valence-electron chi connectivity index (χ4n) is 2.82. The minimum absolute atomic E-state index is 0.0258. The number of anilines is 2. The molecular formula is C15H26N4O2S. The van der Waals surface area contributed by atoms with Crippen LogP contribution in [0.2, 0.25) is 0 Å². The lowest BCUT2D eigenvalue weighted by Crippen LogP contribution is -2.36. The Morgan fingerprint density at radius 3 is 2.77 bits per heavy atom. The van der Waals surface area contributed by atoms with Gasteiger partial charge >= 0.3 is 0 Å². The largest absolute Gasteiger partial charge is 0.370 e. The Morgan fingerprint density at radius 2 is 2.14 bits per heavy atom. The molecule has 124 valence electrons. The fraction of sp³-hybridized carbons (Fsp3) is 0.733. The summed E-state index contributed by atoms with van der Waals surface area (Å²) in [6.45, 7) is 5.85. The molecule has 0 spiro atoms. The van der Waals surface area contributed by atoms with E-state index in [2.05, 4.69) is 27.1 Å². The smallest absolute Gasteiger partial charge is 0.152 e. The highest BCUT2D eigenvalue weighted by Gasteiger charge is 2.32. The molecule has 6 nitrogen and oxygen atoms in total. The Bertz CT molecular complexity index is 577. The zero-order valence-corrected chi connectivity index (χ0v) is 14.3. The Morgan fingerprint density at radius 1 is 1.32 bits per heavy atom. The van der Waals surface area contributed by atoms with Crippen LogP contribution in [-0.2, 0) is 9.84 Å². The van der Waals surface area contributed by atoms with E-state index < -0.39 is 9.84 Å². The van der Waals surface area contributed by atoms with Gasteiger partial charge in [0, 0.05) is 25.2 Å². The maximum Gasteiger partial charge on any atom is 0.152 e. The van der Waals surface area contributed by atoms with Crippen molar-refractivity contribution in [2.24, 2.45) is 0 Å². The van der Waals surface area contributed by atoms with E-state index in [9.17, 15) is 8.42 Å². The number of nitrogens with one attached hydrogen (secondary N) is 1. The van der Waals surface area contributed by atoms with Gasteiger partial charge in [-0.05, 0) is 19.8 Å². The molecule has 1 aromatic rings. The molecule has 7 heteroatoms. The van der Waals surface area contributed by atoms with E-state index in [1.54, 1.807) is 6.33 Å². The highest BCUT2D eigenvalue weighted by molar-refractivity contribution is 7.91. The molecule has 0 aromatic carbocycles. The first kappa shape index (κ1) is 17.0. The Kier molecular flexibility index (Phi) is 5.99. The maximum absolute atomic E-state index is 11.7. The average Bonchev–Trinajstić information content (AvgIpc) is 2.85. The third-order valence-corrected chi connectivity index (χ3v) is 5.77. The minimum Gasteiger partial charge on any atom is -0.370 e. The molecule has 0 bridgehead atoms. The number of hydrogen-bond donors (Lipinski definition) is 1. The van der Waals surface area contributed by atoms with Crippen molar-refractivity contribution in [2.75, 3.05) is 34.8 Å². The second-order valence-corrected chi connectivity index (χ2v) is 7.97. The van der Waals surface area contributed by atoms with E-state index in [1.807, 2.05) is 13.0 Å². The van der Waals surface area contributed by atoms with Crippen molar-refractivity contribution < 1.29 is 8.42 Å². The molecule has 0 radical (unpaired) electrons. The normalized spacial score (nSPS) is 20.0. The number of nitrogens with zero attached hydrogens (tertiary/aromatic N) is 3. The highest BCUT2D eigenvalue weighted by Crippen LogP contribution is 2.23. The van der Waals surface area contributed by atoms with Crippen LogP contribution in [0, 0.1) is 0 Å². The van der Waals surface area contributed by atoms with Gasteiger partial charge in [0.05, 0.1) is 11.5 Å². The first-order chi connectivity index (χ1) is 10.6. The fourth-order valence-corrected chi connectivity index (χ4v) is 4.55. The summed E-state index contributed by atoms with van der Waals surface area (Å²) < 4.78 is 23.4. The van der Waals surface area contributed by atoms with Crippen LogP contribution in [0.5, 0.6) is 0 Å². The SMILES string of the molecule is CCCCCNc1cc(N(CC)C2CCS(=O)(=O)C2)ncn1. The van der Waals surface area contributed by atoms with E-state index in [1.165, 1.54) is 12.8 Å². The molecule has 2 heterocycles. The molecule has 0 aliphatic carbocycles. The predicted molar refractivity (Wildman–Crippen MR) is 90.1 cm³/mol. The number of aromatic nitrogens is 2. The number of hydrogen-bond acceptors (Lipinski definition) is 6. The molecule has 1 N–H and O–H groups in total. The van der Waals surface area contributed by atoms with Crippen molar-refractivity contribution in [3.63, 3.8) is 0 Å². The molecule has 22 heavy (non-hydrogen) atoms. The first-order valence-electron chi connectivity index (χ1n) is 8.08. The van der Waals surface area contributed by atoms with Gasteiger partial charge in [0.1, 0.15) is 18.0 Å². The molecule has 1 atom stereocenters. The summed E-state index contributed by atoms with van der Waals surface area (Å²) in [4.78, 5) is 10.6. The van der Waals surface area contributed by atoms with E-state index in [0.29, 0.717) is 6.42 Å². The van der Waals surface area contributed by atoms with Crippen LogP contribution in [-0.4, -0.2) is 49.0 Å². The van der Waals surface area contributed by atoms with Crippen LogP contribution < -0.4 is 10.2 Å². The number of rotatable bonds is 8. The van der Waals surface area contributed by atoms with Gasteiger partial charge in [-0.15, -0.1) is 0 Å². The summed E-state index contributed by atoms with van der Waals surface area (Å²) in [5.74, 6) is 2.11. The number of sulfone groups is 1. The first-order valence-corrected chi connectivity index (χ1v) is 9.91. The summed E-state index contributed by atoms with van der Waals surface area (Å²) in [5.41, 5.74) is 0. The number of unbranched alkanes of at least 4 members (excludes halogenated alkanes) is 2. The quantitative estimate of drug-likeness (QED) is 0.737. The van der Waals surface area contributed by atoms with Gasteiger partial charge in [0.15, 0.2) is 9.84 Å². The van der Waals surface area contributed by atoms with E-state index in [-0.39, 0.29) is 17.5 Å². The van der Waals surface area contributed by atoms with Crippen LogP contribution in [0.1, 0.15) is 39.5 Å². The lowest BCUT2D eigenvalue weighted by Gasteiger charge is -2.28. The molecular weight excluding hydrogens is 300 g/mol. The van der Waals surface area contributed by atoms with E-state index >= 15 is 0 Å². The zero-order valence-electron chi connectivity index (χ0n) is 13.5. The Labute approximate surface area is 133 Å². The van der Waals surface area contributed by atoms with Crippen molar-refractivity contribution in [1.82, 2.24) is 9.97 Å². The van der Waals surface area contributed by atoms with Crippen molar-refractivity contribution in [3.8, 4) is 0 Å². The van der Waals surface area contributed by atoms with Gasteiger partial charge in [-0.1, -0.05) is 19.8 Å². The predicted octanol–water partition coefficient (Wildman–Crippen LogP) is 2.09. The second-order valence-electron chi connectivity index (χ2n) is 5.74. The minimum atomic E-state index is -2.89. The molecule has 0 saturated carbocycles. The van der Waals surface area contributed by atoms with Gasteiger partial charge in [-0.2, -0.15) is 0 Å². The van der Waals surface area contributed by atoms with Gasteiger partial charge in [-0.25, -0.2) is 18.4 Å². The highest BCUT2D eigenvalue weighted by atomic mass is 32.2. The molecule has 1 aromatic heterocycles. The van der Waals surface area contributed by atoms with Crippen LogP contribution >= 0.6 is 0 Å². The summed E-state index contributed by atoms with van der Waals surface area (Å²) in [5, 5.41) is 3.31. The van der Waals surface area contributed by atoms with E-state index in [0.717, 1.165) is 31.1 Å². The summed E-state index contributed by atoms with van der Waals surface area (Å²) in [6, 6.07) is 1.94. The third kappa shape index (κ3) is 4.56. The van der Waals surface area contributed by atoms with Crippen molar-refractivity contribution in [1.29, 1.82) is 0 Å². The van der Waals surface area contributed by atoms with Crippen LogP contribution in [0.4, 0.5) is 11.6 Å². The van der Waals surface area contributed by atoms with Gasteiger partial charge in [0.25, 0.3) is 0 Å². The average molecular weight is 326 g/mol. The molecule has 1 aliphatic rings. The monoisotopic (exact) mass is 326 g/mol. The van der Waals surface area contributed by atoms with Gasteiger partial charge in [0.2, 0.25) is 0 Å². The zero-order chi connectivity index (χ0) is 16.0. The van der Waals surface area contributed by atoms with Crippen LogP contribution in [0.3, 0.4) is 0 Å². The van der Waals surface area contributed by atoms with Crippen LogP contribution in [0.15, 0.2) is 12.4 Å². The third-order valence-electron chi connectivity index (χ3n) is 4.02. The molecule has 1 aliphatic heterocycles. The van der Waals surface area contributed by atoms with E-state index in [4.69, 9.17) is 0 Å². The Balaban J connectivity index is 2.03. The molecule has 1 saturated heterocycles. The summed E-state index contributed by atoms with van der Waals surface area (Å²) >= 11 is 0. The Hall–Kier alpha value is -1.37. The molecule has 2 rings (SSSR count). The van der Waals surface area contributed by atoms with Crippen molar-refractivity contribution in [3.05, 3.63) is 12.4 Å². The lowest BCUT2D eigenvalue weighted by molar-refractivity contribution is 0.599. The molecule has 1 fully saturated rings. The lowest BCUT2D eigenvalue weighted by atomic mass is 10.2. The van der Waals surface area contributed by atoms with Crippen LogP contribution in [0.25, 0.3) is 0 Å². The van der Waals surface area contributed by atoms with Crippen molar-refractivity contribution >= 4 is 21.5 Å².